The fourth-order valence-electron chi connectivity index (χ4n) is 3.87. The number of nitrogens with zero attached hydrogens (tertiary/aromatic N) is 1. The van der Waals surface area contributed by atoms with E-state index in [1.165, 1.54) is 11.2 Å². The van der Waals surface area contributed by atoms with Crippen molar-refractivity contribution in [2.75, 3.05) is 18.5 Å². The Bertz CT molecular complexity index is 1360. The van der Waals surface area contributed by atoms with E-state index in [1.54, 1.807) is 43.3 Å². The Kier molecular flexibility index (Phi) is 7.18. The maximum atomic E-state index is 13.6. The number of rotatable bonds is 6. The molecule has 0 spiro atoms. The van der Waals surface area contributed by atoms with Gasteiger partial charge in [-0.2, -0.15) is 4.31 Å². The second-order valence-electron chi connectivity index (χ2n) is 8.36. The monoisotopic (exact) mass is 493 g/mol. The van der Waals surface area contributed by atoms with Gasteiger partial charge in [0.2, 0.25) is 15.9 Å². The number of hydrogen-bond donors (Lipinski definition) is 2. The van der Waals surface area contributed by atoms with E-state index in [-0.39, 0.29) is 42.1 Å². The van der Waals surface area contributed by atoms with E-state index in [9.17, 15) is 18.0 Å². The molecule has 1 aliphatic heterocycles. The molecule has 3 aromatic rings. The van der Waals surface area contributed by atoms with Crippen LogP contribution < -0.4 is 15.4 Å². The third-order valence-corrected chi connectivity index (χ3v) is 7.51. The molecule has 1 aliphatic rings. The van der Waals surface area contributed by atoms with E-state index in [2.05, 4.69) is 10.6 Å². The largest absolute Gasteiger partial charge is 0.492 e. The molecule has 0 fully saturated rings. The Balaban J connectivity index is 1.59. The minimum Gasteiger partial charge on any atom is -0.492 e. The predicted molar refractivity (Wildman–Crippen MR) is 133 cm³/mol. The number of carbonyl (C=O) groups is 2. The van der Waals surface area contributed by atoms with Crippen LogP contribution in [0.1, 0.15) is 34.0 Å². The highest BCUT2D eigenvalue weighted by Crippen LogP contribution is 2.31. The molecule has 0 aromatic heterocycles. The molecule has 9 heteroatoms. The van der Waals surface area contributed by atoms with E-state index in [0.717, 1.165) is 11.1 Å². The number of hydrogen-bond acceptors (Lipinski definition) is 5. The van der Waals surface area contributed by atoms with Crippen LogP contribution in [-0.4, -0.2) is 37.7 Å². The van der Waals surface area contributed by atoms with Crippen molar-refractivity contribution in [3.05, 3.63) is 89.0 Å². The molecule has 0 unspecified atom stereocenters. The molecule has 2 N–H and O–H groups in total. The van der Waals surface area contributed by atoms with Crippen LogP contribution in [0.25, 0.3) is 0 Å². The third kappa shape index (κ3) is 5.70. The first kappa shape index (κ1) is 24.4. The van der Waals surface area contributed by atoms with Crippen LogP contribution in [0.5, 0.6) is 5.75 Å². The van der Waals surface area contributed by atoms with Crippen molar-refractivity contribution in [3.63, 3.8) is 0 Å². The van der Waals surface area contributed by atoms with Gasteiger partial charge in [0.05, 0.1) is 5.69 Å². The van der Waals surface area contributed by atoms with Gasteiger partial charge >= 0.3 is 0 Å². The van der Waals surface area contributed by atoms with E-state index in [0.29, 0.717) is 23.4 Å². The number of nitrogens with one attached hydrogen (secondary N) is 2. The minimum absolute atomic E-state index is 0.0212. The van der Waals surface area contributed by atoms with Crippen LogP contribution in [-0.2, 0) is 27.9 Å². The van der Waals surface area contributed by atoms with Crippen LogP contribution >= 0.6 is 0 Å². The zero-order valence-electron chi connectivity index (χ0n) is 19.6. The summed E-state index contributed by atoms with van der Waals surface area (Å²) in [5, 5.41) is 5.49. The Morgan fingerprint density at radius 2 is 1.80 bits per heavy atom. The highest BCUT2D eigenvalue weighted by atomic mass is 32.2. The lowest BCUT2D eigenvalue weighted by Gasteiger charge is -2.22. The van der Waals surface area contributed by atoms with E-state index in [1.807, 2.05) is 30.3 Å². The fourth-order valence-corrected chi connectivity index (χ4v) is 5.51. The Hall–Kier alpha value is -3.69. The number of carbonyl (C=O) groups excluding carboxylic acids is 2. The summed E-state index contributed by atoms with van der Waals surface area (Å²) in [6.45, 7) is 3.82. The molecule has 0 atom stereocenters. The van der Waals surface area contributed by atoms with Gasteiger partial charge in [0.15, 0.2) is 0 Å². The lowest BCUT2D eigenvalue weighted by molar-refractivity contribution is -0.114. The summed E-state index contributed by atoms with van der Waals surface area (Å²) in [4.78, 5) is 24.4. The van der Waals surface area contributed by atoms with Crippen molar-refractivity contribution in [1.29, 1.82) is 0 Å². The molecular formula is C26H27N3O5S. The first-order chi connectivity index (χ1) is 16.7. The standard InChI is InChI=1S/C26H27N3O5S/c1-18-8-10-23(28-19(2)30)25(14-18)35(32,33)29-12-13-34-24-11-9-21(15-22(24)17-29)26(31)27-16-20-6-4-3-5-7-20/h3-11,14-15H,12-13,16-17H2,1-2H3,(H,27,31)(H,28,30). The lowest BCUT2D eigenvalue weighted by atomic mass is 10.1. The van der Waals surface area contributed by atoms with Gasteiger partial charge in [-0.05, 0) is 48.4 Å². The van der Waals surface area contributed by atoms with E-state index >= 15 is 0 Å². The van der Waals surface area contributed by atoms with Gasteiger partial charge in [0.25, 0.3) is 5.91 Å². The van der Waals surface area contributed by atoms with Gasteiger partial charge in [-0.25, -0.2) is 8.42 Å². The summed E-state index contributed by atoms with van der Waals surface area (Å²) in [7, 11) is -3.97. The van der Waals surface area contributed by atoms with Gasteiger partial charge < -0.3 is 15.4 Å². The molecule has 0 saturated heterocycles. The van der Waals surface area contributed by atoms with Crippen LogP contribution in [0.2, 0.25) is 0 Å². The summed E-state index contributed by atoms with van der Waals surface area (Å²) < 4.78 is 34.3. The number of anilines is 1. The van der Waals surface area contributed by atoms with Gasteiger partial charge in [-0.15, -0.1) is 0 Å². The third-order valence-electron chi connectivity index (χ3n) is 5.63. The molecule has 4 rings (SSSR count). The van der Waals surface area contributed by atoms with Crippen molar-refractivity contribution < 1.29 is 22.7 Å². The van der Waals surface area contributed by atoms with Crippen molar-refractivity contribution in [3.8, 4) is 5.75 Å². The normalized spacial score (nSPS) is 13.8. The average molecular weight is 494 g/mol. The SMILES string of the molecule is CC(=O)Nc1ccc(C)cc1S(=O)(=O)N1CCOc2ccc(C(=O)NCc3ccccc3)cc2C1. The van der Waals surface area contributed by atoms with Crippen LogP contribution in [0.3, 0.4) is 0 Å². The van der Waals surface area contributed by atoms with Gasteiger partial charge in [0.1, 0.15) is 17.3 Å². The zero-order valence-corrected chi connectivity index (χ0v) is 20.4. The first-order valence-electron chi connectivity index (χ1n) is 11.2. The van der Waals surface area contributed by atoms with Crippen molar-refractivity contribution in [2.45, 2.75) is 31.8 Å². The van der Waals surface area contributed by atoms with E-state index in [4.69, 9.17) is 4.74 Å². The second kappa shape index (κ2) is 10.3. The minimum atomic E-state index is -3.97. The van der Waals surface area contributed by atoms with E-state index < -0.39 is 10.0 Å². The summed E-state index contributed by atoms with van der Waals surface area (Å²) in [6, 6.07) is 19.5. The average Bonchev–Trinajstić information content (AvgIpc) is 3.06. The molecule has 0 aliphatic carbocycles. The second-order valence-corrected chi connectivity index (χ2v) is 10.3. The van der Waals surface area contributed by atoms with Gasteiger partial charge in [-0.1, -0.05) is 36.4 Å². The molecule has 0 radical (unpaired) electrons. The van der Waals surface area contributed by atoms with Crippen LogP contribution in [0.4, 0.5) is 5.69 Å². The summed E-state index contributed by atoms with van der Waals surface area (Å²) in [6.07, 6.45) is 0. The van der Waals surface area contributed by atoms with Gasteiger partial charge in [-0.3, -0.25) is 9.59 Å². The summed E-state index contributed by atoms with van der Waals surface area (Å²) >= 11 is 0. The summed E-state index contributed by atoms with van der Waals surface area (Å²) in [5.74, 6) is -0.0865. The Labute approximate surface area is 205 Å². The number of ether oxygens (including phenoxy) is 1. The van der Waals surface area contributed by atoms with Gasteiger partial charge in [0, 0.05) is 37.7 Å². The molecule has 8 nitrogen and oxygen atoms in total. The lowest BCUT2D eigenvalue weighted by Crippen LogP contribution is -2.33. The maximum Gasteiger partial charge on any atom is 0.251 e. The molecule has 35 heavy (non-hydrogen) atoms. The quantitative estimate of drug-likeness (QED) is 0.547. The molecule has 0 saturated carbocycles. The number of sulfonamides is 1. The maximum absolute atomic E-state index is 13.6. The smallest absolute Gasteiger partial charge is 0.251 e. The molecule has 1 heterocycles. The number of aryl methyl sites for hydroxylation is 1. The number of amides is 2. The van der Waals surface area contributed by atoms with Crippen molar-refractivity contribution >= 4 is 27.5 Å². The molecular weight excluding hydrogens is 466 g/mol. The molecule has 0 bridgehead atoms. The molecule has 2 amide bonds. The highest BCUT2D eigenvalue weighted by Gasteiger charge is 2.30. The fraction of sp³-hybridized carbons (Fsp3) is 0.231. The topological polar surface area (TPSA) is 105 Å². The molecule has 3 aromatic carbocycles. The van der Waals surface area contributed by atoms with Crippen LogP contribution in [0, 0.1) is 6.92 Å². The Morgan fingerprint density at radius 3 is 2.54 bits per heavy atom. The predicted octanol–water partition coefficient (Wildman–Crippen LogP) is 3.47. The first-order valence-corrected chi connectivity index (χ1v) is 12.6. The molecule has 182 valence electrons. The number of benzene rings is 3. The summed E-state index contributed by atoms with van der Waals surface area (Å²) in [5.41, 5.74) is 2.96. The Morgan fingerprint density at radius 1 is 1.03 bits per heavy atom. The van der Waals surface area contributed by atoms with Crippen molar-refractivity contribution in [1.82, 2.24) is 9.62 Å². The number of fused-ring (bicyclic) bond motifs is 1. The van der Waals surface area contributed by atoms with Crippen molar-refractivity contribution in [2.24, 2.45) is 0 Å². The zero-order chi connectivity index (χ0) is 25.0. The van der Waals surface area contributed by atoms with Crippen LogP contribution in [0.15, 0.2) is 71.6 Å². The highest BCUT2D eigenvalue weighted by molar-refractivity contribution is 7.89.